The number of benzene rings is 2. The molecule has 2 aromatic carbocycles. The minimum absolute atomic E-state index is 0.129. The van der Waals surface area contributed by atoms with E-state index in [0.29, 0.717) is 11.5 Å². The Morgan fingerprint density at radius 2 is 1.46 bits per heavy atom. The molecule has 0 fully saturated rings. The lowest BCUT2D eigenvalue weighted by Crippen LogP contribution is -2.04. The van der Waals surface area contributed by atoms with E-state index in [9.17, 15) is 0 Å². The van der Waals surface area contributed by atoms with Crippen molar-refractivity contribution in [3.8, 4) is 0 Å². The highest BCUT2D eigenvalue weighted by molar-refractivity contribution is 8.13. The Morgan fingerprint density at radius 1 is 0.875 bits per heavy atom. The van der Waals surface area contributed by atoms with E-state index < -0.39 is 0 Å². The molecule has 7 heteroatoms. The van der Waals surface area contributed by atoms with Crippen molar-refractivity contribution in [1.29, 1.82) is 10.8 Å². The highest BCUT2D eigenvalue weighted by Gasteiger charge is 2.10. The second-order valence-corrected chi connectivity index (χ2v) is 8.24. The molecule has 0 bridgehead atoms. The van der Waals surface area contributed by atoms with Gasteiger partial charge in [-0.2, -0.15) is 0 Å². The third-order valence-corrected chi connectivity index (χ3v) is 5.93. The standard InChI is InChI=1S/C17H20N4S3/c1-11-6-7-13(10-23-17(20)21)15(8-11)24-14-5-3-2-4-12(14)9-22-16(18)19/h2-8H,9-10H2,1H3,(H3,18,19)(H3,20,21). The molecule has 0 aliphatic heterocycles. The summed E-state index contributed by atoms with van der Waals surface area (Å²) in [6, 6.07) is 14.5. The SMILES string of the molecule is Cc1ccc(CSC(=N)N)c(Sc2ccccc2CSC(=N)N)c1. The molecular formula is C17H20N4S3. The van der Waals surface area contributed by atoms with Gasteiger partial charge in [0.05, 0.1) is 0 Å². The third kappa shape index (κ3) is 5.81. The maximum atomic E-state index is 7.41. The number of thioether (sulfide) groups is 2. The maximum Gasteiger partial charge on any atom is 0.151 e. The number of nitrogens with two attached hydrogens (primary N) is 2. The lowest BCUT2D eigenvalue weighted by atomic mass is 10.2. The lowest BCUT2D eigenvalue weighted by molar-refractivity contribution is 1.21. The number of hydrogen-bond acceptors (Lipinski definition) is 5. The first-order chi connectivity index (χ1) is 11.5. The van der Waals surface area contributed by atoms with Crippen LogP contribution in [0.5, 0.6) is 0 Å². The largest absolute Gasteiger partial charge is 0.379 e. The Labute approximate surface area is 155 Å². The topological polar surface area (TPSA) is 99.7 Å². The summed E-state index contributed by atoms with van der Waals surface area (Å²) in [6.45, 7) is 2.07. The summed E-state index contributed by atoms with van der Waals surface area (Å²) in [4.78, 5) is 2.33. The minimum atomic E-state index is 0.129. The highest BCUT2D eigenvalue weighted by Crippen LogP contribution is 2.36. The summed E-state index contributed by atoms with van der Waals surface area (Å²) in [7, 11) is 0. The van der Waals surface area contributed by atoms with Gasteiger partial charge in [0.15, 0.2) is 10.3 Å². The van der Waals surface area contributed by atoms with Crippen LogP contribution in [0.4, 0.5) is 0 Å². The van der Waals surface area contributed by atoms with Crippen LogP contribution in [-0.4, -0.2) is 10.3 Å². The summed E-state index contributed by atoms with van der Waals surface area (Å²) >= 11 is 4.37. The van der Waals surface area contributed by atoms with Crippen LogP contribution >= 0.6 is 35.3 Å². The van der Waals surface area contributed by atoms with E-state index >= 15 is 0 Å². The normalized spacial score (nSPS) is 10.5. The number of rotatable bonds is 6. The molecule has 126 valence electrons. The van der Waals surface area contributed by atoms with Crippen molar-refractivity contribution in [2.45, 2.75) is 28.2 Å². The van der Waals surface area contributed by atoms with E-state index in [2.05, 4.69) is 37.3 Å². The predicted octanol–water partition coefficient (Wildman–Crippen LogP) is 4.40. The van der Waals surface area contributed by atoms with Crippen LogP contribution in [0.25, 0.3) is 0 Å². The molecule has 0 saturated heterocycles. The van der Waals surface area contributed by atoms with Crippen LogP contribution in [0.1, 0.15) is 16.7 Å². The summed E-state index contributed by atoms with van der Waals surface area (Å²) in [5.41, 5.74) is 14.5. The maximum absolute atomic E-state index is 7.41. The van der Waals surface area contributed by atoms with Crippen LogP contribution in [0.3, 0.4) is 0 Å². The van der Waals surface area contributed by atoms with Gasteiger partial charge in [-0.15, -0.1) is 0 Å². The number of aryl methyl sites for hydroxylation is 1. The van der Waals surface area contributed by atoms with Crippen LogP contribution in [-0.2, 0) is 11.5 Å². The van der Waals surface area contributed by atoms with Crippen molar-refractivity contribution in [2.75, 3.05) is 0 Å². The van der Waals surface area contributed by atoms with Crippen molar-refractivity contribution in [3.05, 3.63) is 59.2 Å². The Balaban J connectivity index is 2.25. The smallest absolute Gasteiger partial charge is 0.151 e. The van der Waals surface area contributed by atoms with Crippen molar-refractivity contribution < 1.29 is 0 Å². The van der Waals surface area contributed by atoms with Crippen molar-refractivity contribution >= 4 is 45.6 Å². The molecule has 0 unspecified atom stereocenters. The van der Waals surface area contributed by atoms with Gasteiger partial charge in [-0.3, -0.25) is 10.8 Å². The molecular weight excluding hydrogens is 356 g/mol. The number of hydrogen-bond donors (Lipinski definition) is 4. The fraction of sp³-hybridized carbons (Fsp3) is 0.176. The first kappa shape index (κ1) is 18.8. The van der Waals surface area contributed by atoms with Crippen molar-refractivity contribution in [2.24, 2.45) is 11.5 Å². The molecule has 4 nitrogen and oxygen atoms in total. The van der Waals surface area contributed by atoms with Gasteiger partial charge in [0.1, 0.15) is 0 Å². The first-order valence-corrected chi connectivity index (χ1v) is 10.0. The van der Waals surface area contributed by atoms with Crippen LogP contribution in [0.2, 0.25) is 0 Å². The van der Waals surface area contributed by atoms with Gasteiger partial charge in [0, 0.05) is 21.3 Å². The van der Waals surface area contributed by atoms with E-state index in [4.69, 9.17) is 22.3 Å². The molecule has 0 aromatic heterocycles. The fourth-order valence-electron chi connectivity index (χ4n) is 2.03. The van der Waals surface area contributed by atoms with Gasteiger partial charge in [0.2, 0.25) is 0 Å². The monoisotopic (exact) mass is 376 g/mol. The predicted molar refractivity (Wildman–Crippen MR) is 108 cm³/mol. The molecule has 2 aromatic rings. The van der Waals surface area contributed by atoms with Gasteiger partial charge in [-0.1, -0.05) is 65.6 Å². The number of nitrogens with one attached hydrogen (secondary N) is 2. The summed E-state index contributed by atoms with van der Waals surface area (Å²) in [6.07, 6.45) is 0. The van der Waals surface area contributed by atoms with Crippen LogP contribution < -0.4 is 11.5 Å². The molecule has 0 spiro atoms. The first-order valence-electron chi connectivity index (χ1n) is 7.24. The van der Waals surface area contributed by atoms with E-state index in [1.807, 2.05) is 12.1 Å². The van der Waals surface area contributed by atoms with Crippen molar-refractivity contribution in [1.82, 2.24) is 0 Å². The lowest BCUT2D eigenvalue weighted by Gasteiger charge is -2.13. The Hall–Kier alpha value is -1.57. The second kappa shape index (κ2) is 9.05. The quantitative estimate of drug-likeness (QED) is 0.442. The highest BCUT2D eigenvalue weighted by atomic mass is 32.2. The summed E-state index contributed by atoms with van der Waals surface area (Å²) in [5.74, 6) is 1.37. The van der Waals surface area contributed by atoms with Gasteiger partial charge < -0.3 is 11.5 Å². The molecule has 6 N–H and O–H groups in total. The number of amidine groups is 2. The molecule has 0 aliphatic rings. The van der Waals surface area contributed by atoms with E-state index in [0.717, 1.165) is 10.5 Å². The molecule has 0 radical (unpaired) electrons. The molecule has 0 saturated carbocycles. The van der Waals surface area contributed by atoms with E-state index in [1.165, 1.54) is 39.5 Å². The zero-order chi connectivity index (χ0) is 17.5. The van der Waals surface area contributed by atoms with Gasteiger partial charge in [0.25, 0.3) is 0 Å². The Kier molecular flexibility index (Phi) is 7.08. The molecule has 24 heavy (non-hydrogen) atoms. The molecule has 0 heterocycles. The molecule has 0 aliphatic carbocycles. The molecule has 0 amide bonds. The van der Waals surface area contributed by atoms with Crippen LogP contribution in [0, 0.1) is 17.7 Å². The average molecular weight is 377 g/mol. The summed E-state index contributed by atoms with van der Waals surface area (Å²) in [5, 5.41) is 15.1. The van der Waals surface area contributed by atoms with Gasteiger partial charge >= 0.3 is 0 Å². The Morgan fingerprint density at radius 3 is 2.08 bits per heavy atom. The van der Waals surface area contributed by atoms with Gasteiger partial charge in [-0.25, -0.2) is 0 Å². The van der Waals surface area contributed by atoms with Gasteiger partial charge in [-0.05, 0) is 35.7 Å². The van der Waals surface area contributed by atoms with E-state index in [-0.39, 0.29) is 10.3 Å². The second-order valence-electron chi connectivity index (χ2n) is 5.13. The van der Waals surface area contributed by atoms with E-state index in [1.54, 1.807) is 11.8 Å². The van der Waals surface area contributed by atoms with Crippen LogP contribution in [0.15, 0.2) is 52.3 Å². The zero-order valence-electron chi connectivity index (χ0n) is 13.3. The molecule has 2 rings (SSSR count). The third-order valence-electron chi connectivity index (χ3n) is 3.18. The minimum Gasteiger partial charge on any atom is -0.379 e. The molecule has 0 atom stereocenters. The summed E-state index contributed by atoms with van der Waals surface area (Å²) < 4.78 is 0. The van der Waals surface area contributed by atoms with Crippen molar-refractivity contribution in [3.63, 3.8) is 0 Å². The Bertz CT molecular complexity index is 746. The zero-order valence-corrected chi connectivity index (χ0v) is 15.8. The fourth-order valence-corrected chi connectivity index (χ4v) is 4.51. The average Bonchev–Trinajstić information content (AvgIpc) is 2.53.